The molecule has 1 unspecified atom stereocenters. The van der Waals surface area contributed by atoms with E-state index in [0.717, 1.165) is 36.4 Å². The molecule has 2 aliphatic rings. The predicted octanol–water partition coefficient (Wildman–Crippen LogP) is 0.560. The highest BCUT2D eigenvalue weighted by atomic mass is 16.6. The number of fused-ring (bicyclic) bond motifs is 1. The third kappa shape index (κ3) is 2.51. The molecular weight excluding hydrogens is 244 g/mol. The van der Waals surface area contributed by atoms with Crippen molar-refractivity contribution in [1.82, 2.24) is 4.90 Å². The van der Waals surface area contributed by atoms with Gasteiger partial charge in [0.2, 0.25) is 5.91 Å². The van der Waals surface area contributed by atoms with Crippen LogP contribution in [0.5, 0.6) is 11.5 Å². The Hall–Kier alpha value is -1.75. The number of nitrogens with zero attached hydrogens (tertiary/aromatic N) is 1. The summed E-state index contributed by atoms with van der Waals surface area (Å²) in [5.74, 6) is 1.67. The van der Waals surface area contributed by atoms with E-state index < -0.39 is 0 Å². The molecule has 2 heterocycles. The molecule has 3 rings (SSSR count). The number of benzene rings is 1. The number of rotatable bonds is 3. The van der Waals surface area contributed by atoms with Gasteiger partial charge in [-0.3, -0.25) is 4.79 Å². The zero-order chi connectivity index (χ0) is 13.2. The van der Waals surface area contributed by atoms with Crippen molar-refractivity contribution >= 4 is 5.91 Å². The second kappa shape index (κ2) is 5.09. The molecule has 2 N–H and O–H groups in total. The van der Waals surface area contributed by atoms with E-state index in [4.69, 9.17) is 15.2 Å². The molecule has 1 amide bonds. The number of ether oxygens (including phenoxy) is 2. The minimum absolute atomic E-state index is 0.0672. The molecule has 0 bridgehead atoms. The maximum atomic E-state index is 11.7. The van der Waals surface area contributed by atoms with Crippen molar-refractivity contribution in [2.24, 2.45) is 5.73 Å². The van der Waals surface area contributed by atoms with Crippen LogP contribution in [0.2, 0.25) is 0 Å². The molecule has 102 valence electrons. The highest BCUT2D eigenvalue weighted by molar-refractivity contribution is 5.83. The van der Waals surface area contributed by atoms with Gasteiger partial charge in [-0.05, 0) is 30.5 Å². The Balaban J connectivity index is 1.62. The third-order valence-corrected chi connectivity index (χ3v) is 3.62. The molecule has 0 aromatic heterocycles. The average Bonchev–Trinajstić information content (AvgIpc) is 2.76. The summed E-state index contributed by atoms with van der Waals surface area (Å²) in [7, 11) is 0. The number of carbonyl (C=O) groups is 1. The van der Waals surface area contributed by atoms with Crippen molar-refractivity contribution in [3.05, 3.63) is 23.8 Å². The van der Waals surface area contributed by atoms with Gasteiger partial charge in [0.15, 0.2) is 11.5 Å². The summed E-state index contributed by atoms with van der Waals surface area (Å²) in [5.41, 5.74) is 6.85. The molecule has 1 atom stereocenters. The molecule has 0 spiro atoms. The van der Waals surface area contributed by atoms with Crippen molar-refractivity contribution in [1.29, 1.82) is 0 Å². The molecule has 1 aromatic rings. The molecule has 0 aliphatic carbocycles. The van der Waals surface area contributed by atoms with Gasteiger partial charge in [-0.15, -0.1) is 0 Å². The fourth-order valence-electron chi connectivity index (χ4n) is 2.49. The van der Waals surface area contributed by atoms with Gasteiger partial charge in [0, 0.05) is 13.1 Å². The summed E-state index contributed by atoms with van der Waals surface area (Å²) in [6.07, 6.45) is 1.58. The lowest BCUT2D eigenvalue weighted by molar-refractivity contribution is -0.128. The monoisotopic (exact) mass is 262 g/mol. The van der Waals surface area contributed by atoms with Gasteiger partial charge in [-0.1, -0.05) is 6.07 Å². The fraction of sp³-hybridized carbons (Fsp3) is 0.500. The van der Waals surface area contributed by atoms with E-state index >= 15 is 0 Å². The first-order valence-corrected chi connectivity index (χ1v) is 6.67. The molecule has 19 heavy (non-hydrogen) atoms. The molecule has 0 saturated carbocycles. The summed E-state index contributed by atoms with van der Waals surface area (Å²) >= 11 is 0. The minimum atomic E-state index is -0.305. The highest BCUT2D eigenvalue weighted by Gasteiger charge is 2.27. The Morgan fingerprint density at radius 3 is 2.79 bits per heavy atom. The van der Waals surface area contributed by atoms with E-state index in [2.05, 4.69) is 0 Å². The van der Waals surface area contributed by atoms with Crippen LogP contribution >= 0.6 is 0 Å². The highest BCUT2D eigenvalue weighted by Crippen LogP contribution is 2.30. The van der Waals surface area contributed by atoms with E-state index in [-0.39, 0.29) is 11.9 Å². The lowest BCUT2D eigenvalue weighted by Crippen LogP contribution is -2.35. The number of amides is 1. The lowest BCUT2D eigenvalue weighted by atomic mass is 10.1. The quantitative estimate of drug-likeness (QED) is 0.864. The maximum absolute atomic E-state index is 11.7. The van der Waals surface area contributed by atoms with Crippen molar-refractivity contribution in [2.75, 3.05) is 26.3 Å². The van der Waals surface area contributed by atoms with Crippen LogP contribution in [0.25, 0.3) is 0 Å². The van der Waals surface area contributed by atoms with E-state index in [9.17, 15) is 4.79 Å². The lowest BCUT2D eigenvalue weighted by Gasteiger charge is -2.20. The number of carbonyl (C=O) groups excluding carboxylic acids is 1. The largest absolute Gasteiger partial charge is 0.486 e. The van der Waals surface area contributed by atoms with Crippen LogP contribution < -0.4 is 15.2 Å². The third-order valence-electron chi connectivity index (χ3n) is 3.62. The number of hydrogen-bond acceptors (Lipinski definition) is 4. The molecule has 1 aromatic carbocycles. The smallest absolute Gasteiger partial charge is 0.239 e. The van der Waals surface area contributed by atoms with E-state index in [1.807, 2.05) is 23.1 Å². The minimum Gasteiger partial charge on any atom is -0.486 e. The summed E-state index contributed by atoms with van der Waals surface area (Å²) in [6.45, 7) is 2.68. The Kier molecular flexibility index (Phi) is 3.29. The Morgan fingerprint density at radius 1 is 1.26 bits per heavy atom. The van der Waals surface area contributed by atoms with Crippen LogP contribution in [0.3, 0.4) is 0 Å². The Bertz CT molecular complexity index is 490. The first-order valence-electron chi connectivity index (χ1n) is 6.67. The van der Waals surface area contributed by atoms with Gasteiger partial charge in [0.25, 0.3) is 0 Å². The van der Waals surface area contributed by atoms with Crippen LogP contribution in [0.4, 0.5) is 0 Å². The van der Waals surface area contributed by atoms with Gasteiger partial charge >= 0.3 is 0 Å². The van der Waals surface area contributed by atoms with Crippen LogP contribution in [0.1, 0.15) is 12.0 Å². The van der Waals surface area contributed by atoms with Gasteiger partial charge in [-0.2, -0.15) is 0 Å². The van der Waals surface area contributed by atoms with Gasteiger partial charge in [0.05, 0.1) is 6.04 Å². The van der Waals surface area contributed by atoms with E-state index in [1.165, 1.54) is 0 Å². The predicted molar refractivity (Wildman–Crippen MR) is 70.3 cm³/mol. The van der Waals surface area contributed by atoms with Crippen LogP contribution in [0.15, 0.2) is 18.2 Å². The van der Waals surface area contributed by atoms with Crippen LogP contribution in [-0.4, -0.2) is 43.2 Å². The van der Waals surface area contributed by atoms with Gasteiger partial charge in [0.1, 0.15) is 13.2 Å². The van der Waals surface area contributed by atoms with E-state index in [0.29, 0.717) is 19.8 Å². The van der Waals surface area contributed by atoms with Crippen LogP contribution in [-0.2, 0) is 11.2 Å². The summed E-state index contributed by atoms with van der Waals surface area (Å²) in [6, 6.07) is 5.64. The van der Waals surface area contributed by atoms with Crippen molar-refractivity contribution < 1.29 is 14.3 Å². The standard InChI is InChI=1S/C14H18N2O3/c15-11-4-6-16(14(11)17)5-3-10-1-2-12-13(9-10)19-8-7-18-12/h1-2,9,11H,3-8,15H2. The number of likely N-dealkylation sites (tertiary alicyclic amines) is 1. The second-order valence-electron chi connectivity index (χ2n) is 4.95. The van der Waals surface area contributed by atoms with Crippen molar-refractivity contribution in [3.8, 4) is 11.5 Å². The zero-order valence-corrected chi connectivity index (χ0v) is 10.8. The molecule has 1 saturated heterocycles. The maximum Gasteiger partial charge on any atom is 0.239 e. The molecule has 5 nitrogen and oxygen atoms in total. The van der Waals surface area contributed by atoms with Crippen molar-refractivity contribution in [3.63, 3.8) is 0 Å². The van der Waals surface area contributed by atoms with Gasteiger partial charge in [-0.25, -0.2) is 0 Å². The number of hydrogen-bond donors (Lipinski definition) is 1. The zero-order valence-electron chi connectivity index (χ0n) is 10.8. The first kappa shape index (κ1) is 12.3. The summed E-state index contributed by atoms with van der Waals surface area (Å²) in [5, 5.41) is 0. The van der Waals surface area contributed by atoms with Crippen LogP contribution in [0, 0.1) is 0 Å². The SMILES string of the molecule is NC1CCN(CCc2ccc3c(c2)OCCO3)C1=O. The summed E-state index contributed by atoms with van der Waals surface area (Å²) < 4.78 is 11.0. The van der Waals surface area contributed by atoms with E-state index in [1.54, 1.807) is 0 Å². The Morgan fingerprint density at radius 2 is 2.05 bits per heavy atom. The normalized spacial score (nSPS) is 21.8. The van der Waals surface area contributed by atoms with Gasteiger partial charge < -0.3 is 20.1 Å². The number of nitrogens with two attached hydrogens (primary N) is 1. The first-order chi connectivity index (χ1) is 9.24. The molecule has 2 aliphatic heterocycles. The topological polar surface area (TPSA) is 64.8 Å². The van der Waals surface area contributed by atoms with Crippen molar-refractivity contribution in [2.45, 2.75) is 18.9 Å². The average molecular weight is 262 g/mol. The molecule has 0 radical (unpaired) electrons. The molecule has 5 heteroatoms. The Labute approximate surface area is 112 Å². The summed E-state index contributed by atoms with van der Waals surface area (Å²) in [4.78, 5) is 13.6. The molecule has 1 fully saturated rings. The second-order valence-corrected chi connectivity index (χ2v) is 4.95. The molecular formula is C14H18N2O3. The fourth-order valence-corrected chi connectivity index (χ4v) is 2.49.